The lowest BCUT2D eigenvalue weighted by atomic mass is 9.93. The lowest BCUT2D eigenvalue weighted by molar-refractivity contribution is -0.124. The molecule has 0 saturated carbocycles. The van der Waals surface area contributed by atoms with Gasteiger partial charge >= 0.3 is 0 Å². The molecule has 2 atom stereocenters. The van der Waals surface area contributed by atoms with Crippen LogP contribution in [-0.4, -0.2) is 37.9 Å². The molecule has 1 rings (SSSR count). The van der Waals surface area contributed by atoms with Gasteiger partial charge in [0.1, 0.15) is 12.4 Å². The average Bonchev–Trinajstić information content (AvgIpc) is 2.63. The largest absolute Gasteiger partial charge is 0.492 e. The van der Waals surface area contributed by atoms with Crippen LogP contribution in [0, 0.1) is 5.92 Å². The van der Waals surface area contributed by atoms with Crippen LogP contribution in [0.25, 0.3) is 0 Å². The Labute approximate surface area is 161 Å². The van der Waals surface area contributed by atoms with Gasteiger partial charge in [-0.3, -0.25) is 9.59 Å². The van der Waals surface area contributed by atoms with Crippen LogP contribution < -0.4 is 15.4 Å². The Morgan fingerprint density at radius 3 is 2.19 bits per heavy atom. The third-order valence-corrected chi connectivity index (χ3v) is 3.90. The van der Waals surface area contributed by atoms with Crippen LogP contribution in [-0.2, 0) is 16.0 Å². The van der Waals surface area contributed by atoms with Crippen molar-refractivity contribution in [3.63, 3.8) is 0 Å². The van der Waals surface area contributed by atoms with E-state index < -0.39 is 0 Å². The van der Waals surface area contributed by atoms with Crippen molar-refractivity contribution in [2.75, 3.05) is 20.2 Å². The molecule has 5 nitrogen and oxygen atoms in total. The fourth-order valence-electron chi connectivity index (χ4n) is 2.24. The Kier molecular flexibility index (Phi) is 13.3. The minimum absolute atomic E-state index is 0. The van der Waals surface area contributed by atoms with Crippen molar-refractivity contribution < 1.29 is 17.2 Å². The normalized spacial score (nSPS) is 12.4. The molecular weight excluding hydrogens is 328 g/mol. The van der Waals surface area contributed by atoms with Crippen LogP contribution in [0.2, 0.25) is 0 Å². The molecule has 1 unspecified atom stereocenters. The van der Waals surface area contributed by atoms with E-state index >= 15 is 0 Å². The molecule has 5 heteroatoms. The van der Waals surface area contributed by atoms with Crippen molar-refractivity contribution >= 4 is 11.7 Å². The Morgan fingerprint density at radius 2 is 1.73 bits per heavy atom. The van der Waals surface area contributed by atoms with Crippen molar-refractivity contribution in [1.82, 2.24) is 10.6 Å². The molecule has 2 N–H and O–H groups in total. The van der Waals surface area contributed by atoms with E-state index in [9.17, 15) is 9.59 Å². The summed E-state index contributed by atoms with van der Waals surface area (Å²) in [5, 5.41) is 5.79. The minimum Gasteiger partial charge on any atom is -0.492 e. The molecule has 26 heavy (non-hydrogen) atoms. The third-order valence-electron chi connectivity index (χ3n) is 3.90. The van der Waals surface area contributed by atoms with E-state index in [1.165, 1.54) is 13.3 Å². The number of hydrogen-bond acceptors (Lipinski definition) is 4. The lowest BCUT2D eigenvalue weighted by Crippen LogP contribution is -2.39. The van der Waals surface area contributed by atoms with Crippen LogP contribution in [0.15, 0.2) is 24.3 Å². The Morgan fingerprint density at radius 1 is 1.15 bits per heavy atom. The van der Waals surface area contributed by atoms with Gasteiger partial charge in [0.25, 0.3) is 0 Å². The molecule has 0 aromatic heterocycles. The first-order valence-electron chi connectivity index (χ1n) is 9.56. The minimum atomic E-state index is -0.156. The summed E-state index contributed by atoms with van der Waals surface area (Å²) in [5.74, 6) is 1.02. The van der Waals surface area contributed by atoms with Crippen LogP contribution in [0.3, 0.4) is 0 Å². The summed E-state index contributed by atoms with van der Waals surface area (Å²) in [4.78, 5) is 23.0. The van der Waals surface area contributed by atoms with E-state index in [1.807, 2.05) is 45.2 Å². The second-order valence-electron chi connectivity index (χ2n) is 6.44. The number of ether oxygens (including phenoxy) is 1. The van der Waals surface area contributed by atoms with E-state index in [0.717, 1.165) is 17.7 Å². The molecule has 1 aromatic rings. The molecule has 0 aliphatic heterocycles. The molecule has 0 bridgehead atoms. The standard InChI is InChI=1S/C18H28N2O3.C3H8.2H2/c1-5-13(2)18(22)17(19-4)12-15-6-8-16(9-7-15)23-11-10-20-14(3)21;1-3-2;;/h6-9,13,17,19H,5,10-12H2,1-4H3,(H,20,21);3H2,1-2H3;2*1H/t13?,17-;;;/m0.../s1. The monoisotopic (exact) mass is 368 g/mol. The predicted molar refractivity (Wildman–Crippen MR) is 112 cm³/mol. The molecule has 1 aromatic carbocycles. The number of rotatable bonds is 10. The summed E-state index contributed by atoms with van der Waals surface area (Å²) in [7, 11) is 1.82. The first kappa shape index (κ1) is 24.1. The molecule has 152 valence electrons. The van der Waals surface area contributed by atoms with Gasteiger partial charge in [-0.25, -0.2) is 0 Å². The van der Waals surface area contributed by atoms with Crippen LogP contribution >= 0.6 is 0 Å². The number of ketones is 1. The van der Waals surface area contributed by atoms with Crippen LogP contribution in [0.5, 0.6) is 5.75 Å². The smallest absolute Gasteiger partial charge is 0.216 e. The predicted octanol–water partition coefficient (Wildman–Crippen LogP) is 3.86. The highest BCUT2D eigenvalue weighted by molar-refractivity contribution is 5.86. The van der Waals surface area contributed by atoms with Crippen molar-refractivity contribution in [1.29, 1.82) is 0 Å². The zero-order valence-corrected chi connectivity index (χ0v) is 17.2. The zero-order chi connectivity index (χ0) is 19.9. The summed E-state index contributed by atoms with van der Waals surface area (Å²) in [5.41, 5.74) is 1.09. The van der Waals surface area contributed by atoms with Crippen molar-refractivity contribution in [2.45, 2.75) is 59.9 Å². The molecule has 1 amide bonds. The number of likely N-dealkylation sites (N-methyl/N-ethyl adjacent to an activating group) is 1. The van der Waals surface area contributed by atoms with Crippen molar-refractivity contribution in [3.05, 3.63) is 29.8 Å². The second kappa shape index (κ2) is 14.3. The zero-order valence-electron chi connectivity index (χ0n) is 17.2. The summed E-state index contributed by atoms with van der Waals surface area (Å²) >= 11 is 0. The second-order valence-corrected chi connectivity index (χ2v) is 6.44. The number of nitrogens with one attached hydrogen (secondary N) is 2. The van der Waals surface area contributed by atoms with Gasteiger partial charge in [0.05, 0.1) is 12.6 Å². The molecule has 0 fully saturated rings. The Balaban J connectivity index is -0.00000117. The molecule has 0 radical (unpaired) electrons. The Hall–Kier alpha value is -1.88. The quantitative estimate of drug-likeness (QED) is 0.616. The van der Waals surface area contributed by atoms with Gasteiger partial charge in [0.15, 0.2) is 5.78 Å². The summed E-state index contributed by atoms with van der Waals surface area (Å²) in [6.07, 6.45) is 2.78. The number of hydrogen-bond donors (Lipinski definition) is 2. The average molecular weight is 369 g/mol. The topological polar surface area (TPSA) is 67.4 Å². The van der Waals surface area contributed by atoms with Crippen LogP contribution in [0.4, 0.5) is 0 Å². The van der Waals surface area contributed by atoms with E-state index in [4.69, 9.17) is 4.74 Å². The summed E-state index contributed by atoms with van der Waals surface area (Å²) < 4.78 is 5.55. The lowest BCUT2D eigenvalue weighted by Gasteiger charge is -2.18. The highest BCUT2D eigenvalue weighted by atomic mass is 16.5. The van der Waals surface area contributed by atoms with Gasteiger partial charge in [0.2, 0.25) is 5.91 Å². The van der Waals surface area contributed by atoms with E-state index in [2.05, 4.69) is 24.5 Å². The maximum atomic E-state index is 12.3. The molecule has 0 aliphatic carbocycles. The van der Waals surface area contributed by atoms with Crippen molar-refractivity contribution in [2.24, 2.45) is 5.92 Å². The molecule has 0 saturated heterocycles. The first-order valence-corrected chi connectivity index (χ1v) is 9.56. The molecular formula is C21H40N2O3. The van der Waals surface area contributed by atoms with E-state index in [1.54, 1.807) is 0 Å². The fourth-order valence-corrected chi connectivity index (χ4v) is 2.24. The number of benzene rings is 1. The van der Waals surface area contributed by atoms with Crippen molar-refractivity contribution in [3.8, 4) is 5.75 Å². The highest BCUT2D eigenvalue weighted by Gasteiger charge is 2.21. The van der Waals surface area contributed by atoms with Gasteiger partial charge < -0.3 is 15.4 Å². The maximum Gasteiger partial charge on any atom is 0.216 e. The van der Waals surface area contributed by atoms with Gasteiger partial charge in [-0.15, -0.1) is 0 Å². The number of carbonyl (C=O) groups is 2. The highest BCUT2D eigenvalue weighted by Crippen LogP contribution is 2.15. The van der Waals surface area contributed by atoms with Crippen LogP contribution in [0.1, 0.15) is 55.9 Å². The number of amides is 1. The third kappa shape index (κ3) is 10.2. The van der Waals surface area contributed by atoms with E-state index in [0.29, 0.717) is 19.6 Å². The number of Topliss-reactive ketones (excluding diaryl/α,β-unsaturated/α-hetero) is 1. The summed E-state index contributed by atoms with van der Waals surface area (Å²) in [6, 6.07) is 7.58. The van der Waals surface area contributed by atoms with Gasteiger partial charge in [-0.05, 0) is 37.6 Å². The van der Waals surface area contributed by atoms with Gasteiger partial charge in [0, 0.05) is 15.7 Å². The SMILES string of the molecule is CCC.CCC(C)C(=O)[C@H](Cc1ccc(OCCNC(C)=O)cc1)NC.[HH].[HH]. The summed E-state index contributed by atoms with van der Waals surface area (Å²) in [6.45, 7) is 10.7. The fraction of sp³-hybridized carbons (Fsp3) is 0.619. The first-order chi connectivity index (χ1) is 12.4. The molecule has 0 heterocycles. The maximum absolute atomic E-state index is 12.3. The number of carbonyl (C=O) groups excluding carboxylic acids is 2. The molecule has 0 aliphatic rings. The molecule has 0 spiro atoms. The Bertz CT molecular complexity index is 525. The van der Waals surface area contributed by atoms with Gasteiger partial charge in [-0.1, -0.05) is 46.2 Å². The van der Waals surface area contributed by atoms with E-state index in [-0.39, 0.29) is 26.5 Å². The van der Waals surface area contributed by atoms with Gasteiger partial charge in [-0.2, -0.15) is 0 Å².